The van der Waals surface area contributed by atoms with Crippen LogP contribution >= 0.6 is 11.6 Å². The number of Topliss-reactive ketones (excluding diaryl/α,β-unsaturated/α-hetero) is 1. The molecule has 0 spiro atoms. The monoisotopic (exact) mass is 227 g/mol. The molecule has 1 aromatic carbocycles. The van der Waals surface area contributed by atoms with Gasteiger partial charge in [-0.05, 0) is 24.6 Å². The first-order chi connectivity index (χ1) is 7.04. The van der Waals surface area contributed by atoms with Crippen molar-refractivity contribution in [2.75, 3.05) is 7.11 Å². The third-order valence-corrected chi connectivity index (χ3v) is 2.44. The zero-order valence-corrected chi connectivity index (χ0v) is 9.54. The Kier molecular flexibility index (Phi) is 4.12. The van der Waals surface area contributed by atoms with E-state index in [9.17, 15) is 4.79 Å². The van der Waals surface area contributed by atoms with Crippen molar-refractivity contribution in [2.24, 2.45) is 5.73 Å². The number of halogens is 1. The van der Waals surface area contributed by atoms with Crippen LogP contribution in [0.4, 0.5) is 0 Å². The molecule has 4 heteroatoms. The molecule has 1 rings (SSSR count). The molecule has 1 aromatic rings. The van der Waals surface area contributed by atoms with Gasteiger partial charge in [0.25, 0.3) is 0 Å². The highest BCUT2D eigenvalue weighted by Crippen LogP contribution is 2.27. The molecule has 1 unspecified atom stereocenters. The fourth-order valence-corrected chi connectivity index (χ4v) is 1.67. The van der Waals surface area contributed by atoms with Crippen LogP contribution in [0.3, 0.4) is 0 Å². The lowest BCUT2D eigenvalue weighted by atomic mass is 10.0. The Morgan fingerprint density at radius 1 is 1.60 bits per heavy atom. The van der Waals surface area contributed by atoms with Gasteiger partial charge in [0.15, 0.2) is 0 Å². The number of methoxy groups -OCH3 is 1. The van der Waals surface area contributed by atoms with Crippen LogP contribution in [-0.2, 0) is 4.79 Å². The van der Waals surface area contributed by atoms with E-state index in [0.29, 0.717) is 17.2 Å². The van der Waals surface area contributed by atoms with Crippen LogP contribution in [0.25, 0.3) is 0 Å². The SMILES string of the molecule is COc1ccc(C(N)CC(C)=O)c(Cl)c1. The molecule has 3 nitrogen and oxygen atoms in total. The Hall–Kier alpha value is -1.06. The topological polar surface area (TPSA) is 52.3 Å². The molecule has 2 N–H and O–H groups in total. The molecular weight excluding hydrogens is 214 g/mol. The Morgan fingerprint density at radius 3 is 2.73 bits per heavy atom. The van der Waals surface area contributed by atoms with Crippen molar-refractivity contribution in [1.82, 2.24) is 0 Å². The Morgan fingerprint density at radius 2 is 2.27 bits per heavy atom. The van der Waals surface area contributed by atoms with Gasteiger partial charge in [0.2, 0.25) is 0 Å². The molecule has 0 fully saturated rings. The van der Waals surface area contributed by atoms with E-state index in [2.05, 4.69) is 0 Å². The molecule has 15 heavy (non-hydrogen) atoms. The van der Waals surface area contributed by atoms with Gasteiger partial charge in [-0.1, -0.05) is 17.7 Å². The summed E-state index contributed by atoms with van der Waals surface area (Å²) in [4.78, 5) is 10.9. The van der Waals surface area contributed by atoms with Crippen LogP contribution < -0.4 is 10.5 Å². The molecule has 0 aromatic heterocycles. The number of nitrogens with two attached hydrogens (primary N) is 1. The second-order valence-electron chi connectivity index (χ2n) is 3.40. The van der Waals surface area contributed by atoms with Gasteiger partial charge in [0.05, 0.1) is 7.11 Å². The third kappa shape index (κ3) is 3.22. The molecule has 0 saturated carbocycles. The second kappa shape index (κ2) is 5.14. The Balaban J connectivity index is 2.90. The van der Waals surface area contributed by atoms with Crippen molar-refractivity contribution in [3.8, 4) is 5.75 Å². The first-order valence-electron chi connectivity index (χ1n) is 4.63. The maximum atomic E-state index is 10.9. The first kappa shape index (κ1) is 12.0. The smallest absolute Gasteiger partial charge is 0.131 e. The summed E-state index contributed by atoms with van der Waals surface area (Å²) in [5, 5.41) is 0.531. The summed E-state index contributed by atoms with van der Waals surface area (Å²) in [6.45, 7) is 1.51. The molecule has 1 atom stereocenters. The fraction of sp³-hybridized carbons (Fsp3) is 0.364. The zero-order chi connectivity index (χ0) is 11.4. The van der Waals surface area contributed by atoms with Crippen LogP contribution in [0.15, 0.2) is 18.2 Å². The number of carbonyl (C=O) groups is 1. The van der Waals surface area contributed by atoms with Crippen molar-refractivity contribution in [1.29, 1.82) is 0 Å². The van der Waals surface area contributed by atoms with Crippen molar-refractivity contribution in [2.45, 2.75) is 19.4 Å². The van der Waals surface area contributed by atoms with E-state index in [-0.39, 0.29) is 11.8 Å². The van der Waals surface area contributed by atoms with E-state index >= 15 is 0 Å². The van der Waals surface area contributed by atoms with Crippen molar-refractivity contribution < 1.29 is 9.53 Å². The fourth-order valence-electron chi connectivity index (χ4n) is 1.36. The van der Waals surface area contributed by atoms with E-state index < -0.39 is 0 Å². The molecule has 0 radical (unpaired) electrons. The summed E-state index contributed by atoms with van der Waals surface area (Å²) in [6.07, 6.45) is 0.298. The lowest BCUT2D eigenvalue weighted by Gasteiger charge is -2.12. The molecule has 0 aliphatic rings. The van der Waals surface area contributed by atoms with Crippen LogP contribution in [0.2, 0.25) is 5.02 Å². The molecule has 0 amide bonds. The van der Waals surface area contributed by atoms with E-state index in [0.717, 1.165) is 5.56 Å². The molecule has 82 valence electrons. The van der Waals surface area contributed by atoms with Gasteiger partial charge in [-0.25, -0.2) is 0 Å². The van der Waals surface area contributed by atoms with Crippen LogP contribution in [0.5, 0.6) is 5.75 Å². The largest absolute Gasteiger partial charge is 0.497 e. The van der Waals surface area contributed by atoms with E-state index in [1.54, 1.807) is 25.3 Å². The number of hydrogen-bond acceptors (Lipinski definition) is 3. The summed E-state index contributed by atoms with van der Waals surface area (Å²) in [6, 6.07) is 4.91. The van der Waals surface area contributed by atoms with E-state index in [4.69, 9.17) is 22.1 Å². The Bertz CT molecular complexity index is 366. The van der Waals surface area contributed by atoms with Crippen LogP contribution in [0, 0.1) is 0 Å². The highest BCUT2D eigenvalue weighted by atomic mass is 35.5. The highest BCUT2D eigenvalue weighted by Gasteiger charge is 2.12. The predicted octanol–water partition coefficient (Wildman–Crippen LogP) is 2.33. The van der Waals surface area contributed by atoms with Gasteiger partial charge >= 0.3 is 0 Å². The minimum absolute atomic E-state index is 0.0504. The normalized spacial score (nSPS) is 12.3. The standard InChI is InChI=1S/C11H14ClNO2/c1-7(14)5-11(13)9-4-3-8(15-2)6-10(9)12/h3-4,6,11H,5,13H2,1-2H3. The van der Waals surface area contributed by atoms with E-state index in [1.807, 2.05) is 0 Å². The maximum Gasteiger partial charge on any atom is 0.131 e. The molecule has 0 aliphatic heterocycles. The minimum Gasteiger partial charge on any atom is -0.497 e. The number of ketones is 1. The molecule has 0 aliphatic carbocycles. The lowest BCUT2D eigenvalue weighted by molar-refractivity contribution is -0.117. The maximum absolute atomic E-state index is 10.9. The first-order valence-corrected chi connectivity index (χ1v) is 5.01. The molecule has 0 saturated heterocycles. The number of hydrogen-bond donors (Lipinski definition) is 1. The number of ether oxygens (including phenoxy) is 1. The summed E-state index contributed by atoms with van der Waals surface area (Å²) in [5.74, 6) is 0.730. The predicted molar refractivity (Wildman–Crippen MR) is 60.2 cm³/mol. The van der Waals surface area contributed by atoms with E-state index in [1.165, 1.54) is 6.92 Å². The van der Waals surface area contributed by atoms with Crippen molar-refractivity contribution in [3.63, 3.8) is 0 Å². The van der Waals surface area contributed by atoms with Gasteiger partial charge in [-0.2, -0.15) is 0 Å². The van der Waals surface area contributed by atoms with Crippen LogP contribution in [-0.4, -0.2) is 12.9 Å². The second-order valence-corrected chi connectivity index (χ2v) is 3.81. The molecule has 0 heterocycles. The van der Waals surface area contributed by atoms with Gasteiger partial charge in [-0.15, -0.1) is 0 Å². The number of benzene rings is 1. The van der Waals surface area contributed by atoms with Crippen molar-refractivity contribution in [3.05, 3.63) is 28.8 Å². The quantitative estimate of drug-likeness (QED) is 0.859. The average molecular weight is 228 g/mol. The lowest BCUT2D eigenvalue weighted by Crippen LogP contribution is -2.14. The highest BCUT2D eigenvalue weighted by molar-refractivity contribution is 6.31. The summed E-state index contributed by atoms with van der Waals surface area (Å²) in [5.41, 5.74) is 6.61. The summed E-state index contributed by atoms with van der Waals surface area (Å²) >= 11 is 6.02. The number of carbonyl (C=O) groups excluding carboxylic acids is 1. The zero-order valence-electron chi connectivity index (χ0n) is 8.79. The van der Waals surface area contributed by atoms with Gasteiger partial charge < -0.3 is 10.5 Å². The third-order valence-electron chi connectivity index (χ3n) is 2.11. The molecular formula is C11H14ClNO2. The summed E-state index contributed by atoms with van der Waals surface area (Å²) < 4.78 is 5.02. The van der Waals surface area contributed by atoms with Gasteiger partial charge in [0.1, 0.15) is 11.5 Å². The minimum atomic E-state index is -0.346. The number of rotatable bonds is 4. The van der Waals surface area contributed by atoms with Crippen LogP contribution in [0.1, 0.15) is 24.9 Å². The van der Waals surface area contributed by atoms with Gasteiger partial charge in [-0.3, -0.25) is 4.79 Å². The Labute approximate surface area is 94.2 Å². The van der Waals surface area contributed by atoms with Gasteiger partial charge in [0, 0.05) is 17.5 Å². The molecule has 0 bridgehead atoms. The van der Waals surface area contributed by atoms with Crippen molar-refractivity contribution >= 4 is 17.4 Å². The summed E-state index contributed by atoms with van der Waals surface area (Å²) in [7, 11) is 1.57. The average Bonchev–Trinajstić information content (AvgIpc) is 2.16.